The summed E-state index contributed by atoms with van der Waals surface area (Å²) in [6.07, 6.45) is 3.56. The third-order valence-corrected chi connectivity index (χ3v) is 5.21. The zero-order valence-electron chi connectivity index (χ0n) is 19.1. The molecule has 0 bridgehead atoms. The average Bonchev–Trinajstić information content (AvgIpc) is 2.84. The van der Waals surface area contributed by atoms with E-state index in [0.717, 1.165) is 16.8 Å². The van der Waals surface area contributed by atoms with Crippen molar-refractivity contribution in [1.29, 1.82) is 0 Å². The van der Waals surface area contributed by atoms with E-state index in [1.165, 1.54) is 20.1 Å². The van der Waals surface area contributed by atoms with Crippen molar-refractivity contribution in [3.8, 4) is 11.5 Å². The third-order valence-electron chi connectivity index (χ3n) is 4.81. The number of halogens is 1. The Bertz CT molecular complexity index is 1160. The van der Waals surface area contributed by atoms with Crippen molar-refractivity contribution in [2.45, 2.75) is 26.6 Å². The predicted molar refractivity (Wildman–Crippen MR) is 131 cm³/mol. The Hall–Kier alpha value is -3.84. The van der Waals surface area contributed by atoms with E-state index in [0.29, 0.717) is 28.8 Å². The van der Waals surface area contributed by atoms with E-state index < -0.39 is 18.0 Å². The number of hydrogen-bond donors (Lipinski definition) is 1. The van der Waals surface area contributed by atoms with Gasteiger partial charge in [-0.05, 0) is 61.4 Å². The van der Waals surface area contributed by atoms with Gasteiger partial charge in [-0.3, -0.25) is 9.78 Å². The zero-order valence-corrected chi connectivity index (χ0v) is 19.8. The smallest absolute Gasteiger partial charge is 0.331 e. The summed E-state index contributed by atoms with van der Waals surface area (Å²) in [6.45, 7) is 3.67. The molecule has 1 amide bonds. The van der Waals surface area contributed by atoms with Gasteiger partial charge in [0.05, 0.1) is 18.5 Å². The summed E-state index contributed by atoms with van der Waals surface area (Å²) in [4.78, 5) is 28.8. The number of rotatable bonds is 9. The first-order valence-corrected chi connectivity index (χ1v) is 10.9. The lowest BCUT2D eigenvalue weighted by Crippen LogP contribution is -2.29. The van der Waals surface area contributed by atoms with E-state index in [1.807, 2.05) is 37.3 Å². The molecule has 0 saturated carbocycles. The van der Waals surface area contributed by atoms with Gasteiger partial charge in [0.2, 0.25) is 0 Å². The largest absolute Gasteiger partial charge is 0.495 e. The van der Waals surface area contributed by atoms with Crippen molar-refractivity contribution < 1.29 is 23.8 Å². The fourth-order valence-electron chi connectivity index (χ4n) is 2.91. The molecule has 0 aliphatic heterocycles. The molecule has 0 aliphatic rings. The fraction of sp³-hybridized carbons (Fsp3) is 0.192. The predicted octanol–water partition coefficient (Wildman–Crippen LogP) is 5.21. The summed E-state index contributed by atoms with van der Waals surface area (Å²) in [7, 11) is 1.48. The third kappa shape index (κ3) is 7.08. The van der Waals surface area contributed by atoms with Crippen LogP contribution < -0.4 is 14.8 Å². The van der Waals surface area contributed by atoms with Gasteiger partial charge >= 0.3 is 5.97 Å². The van der Waals surface area contributed by atoms with Gasteiger partial charge < -0.3 is 19.5 Å². The number of benzene rings is 2. The van der Waals surface area contributed by atoms with Crippen LogP contribution in [0, 0.1) is 6.92 Å². The van der Waals surface area contributed by atoms with E-state index in [-0.39, 0.29) is 0 Å². The number of amides is 1. The topological polar surface area (TPSA) is 86.8 Å². The highest BCUT2D eigenvalue weighted by atomic mass is 35.5. The number of methoxy groups -OCH3 is 1. The molecule has 0 fully saturated rings. The molecule has 3 aromatic rings. The molecule has 34 heavy (non-hydrogen) atoms. The van der Waals surface area contributed by atoms with Crippen molar-refractivity contribution in [3.63, 3.8) is 0 Å². The molecule has 0 unspecified atom stereocenters. The standard InChI is InChI=1S/C26H25ClN2O5/c1-17-14-23(24(32-3)15-22(17)27)29-26(31)18(2)34-25(30)12-9-19-7-10-21(11-8-19)33-16-20-6-4-5-13-28-20/h4-15,18H,16H2,1-3H3,(H,29,31)/b12-9+/t18-/m0/s1. The molecule has 3 rings (SSSR count). The van der Waals surface area contributed by atoms with Crippen LogP contribution in [0.5, 0.6) is 11.5 Å². The second-order valence-corrected chi connectivity index (χ2v) is 7.79. The van der Waals surface area contributed by atoms with Crippen LogP contribution in [0.3, 0.4) is 0 Å². The van der Waals surface area contributed by atoms with Crippen LogP contribution in [0.25, 0.3) is 6.08 Å². The minimum absolute atomic E-state index is 0.365. The number of nitrogens with zero attached hydrogens (tertiary/aromatic N) is 1. The lowest BCUT2D eigenvalue weighted by Gasteiger charge is -2.15. The maximum atomic E-state index is 12.5. The maximum absolute atomic E-state index is 12.5. The summed E-state index contributed by atoms with van der Waals surface area (Å²) in [6, 6.07) is 16.1. The quantitative estimate of drug-likeness (QED) is 0.334. The number of ether oxygens (including phenoxy) is 3. The summed E-state index contributed by atoms with van der Waals surface area (Å²) in [5, 5.41) is 3.22. The summed E-state index contributed by atoms with van der Waals surface area (Å²) in [5.74, 6) is -0.0353. The molecule has 0 spiro atoms. The van der Waals surface area contributed by atoms with Crippen LogP contribution in [-0.2, 0) is 20.9 Å². The van der Waals surface area contributed by atoms with Gasteiger partial charge in [0, 0.05) is 23.4 Å². The molecular formula is C26H25ClN2O5. The van der Waals surface area contributed by atoms with Crippen LogP contribution in [0.15, 0.2) is 66.9 Å². The summed E-state index contributed by atoms with van der Waals surface area (Å²) in [5.41, 5.74) is 2.83. The Morgan fingerprint density at radius 3 is 2.59 bits per heavy atom. The molecule has 1 aromatic heterocycles. The molecule has 1 heterocycles. The number of aromatic nitrogens is 1. The number of hydrogen-bond acceptors (Lipinski definition) is 6. The summed E-state index contributed by atoms with van der Waals surface area (Å²) >= 11 is 6.09. The van der Waals surface area contributed by atoms with Crippen molar-refractivity contribution in [2.75, 3.05) is 12.4 Å². The van der Waals surface area contributed by atoms with Crippen LogP contribution >= 0.6 is 11.6 Å². The van der Waals surface area contributed by atoms with Gasteiger partial charge in [0.1, 0.15) is 18.1 Å². The minimum Gasteiger partial charge on any atom is -0.495 e. The van der Waals surface area contributed by atoms with Crippen molar-refractivity contribution in [2.24, 2.45) is 0 Å². The summed E-state index contributed by atoms with van der Waals surface area (Å²) < 4.78 is 16.1. The highest BCUT2D eigenvalue weighted by Gasteiger charge is 2.19. The molecule has 1 atom stereocenters. The highest BCUT2D eigenvalue weighted by Crippen LogP contribution is 2.31. The van der Waals surface area contributed by atoms with Crippen LogP contribution in [-0.4, -0.2) is 30.1 Å². The van der Waals surface area contributed by atoms with E-state index in [2.05, 4.69) is 10.3 Å². The molecule has 0 radical (unpaired) electrons. The van der Waals surface area contributed by atoms with E-state index in [1.54, 1.807) is 36.5 Å². The molecular weight excluding hydrogens is 456 g/mol. The molecule has 176 valence electrons. The zero-order chi connectivity index (χ0) is 24.5. The Kier molecular flexibility index (Phi) is 8.65. The van der Waals surface area contributed by atoms with E-state index >= 15 is 0 Å². The minimum atomic E-state index is -1.01. The monoisotopic (exact) mass is 480 g/mol. The Morgan fingerprint density at radius 1 is 1.15 bits per heavy atom. The normalized spacial score (nSPS) is 11.6. The molecule has 2 aromatic carbocycles. The van der Waals surface area contributed by atoms with Gasteiger partial charge in [-0.25, -0.2) is 4.79 Å². The second kappa shape index (κ2) is 11.9. The fourth-order valence-corrected chi connectivity index (χ4v) is 3.07. The first-order chi connectivity index (χ1) is 16.4. The number of carbonyl (C=O) groups excluding carboxylic acids is 2. The van der Waals surface area contributed by atoms with Crippen molar-refractivity contribution in [1.82, 2.24) is 4.98 Å². The average molecular weight is 481 g/mol. The Morgan fingerprint density at radius 2 is 1.91 bits per heavy atom. The van der Waals surface area contributed by atoms with E-state index in [9.17, 15) is 9.59 Å². The second-order valence-electron chi connectivity index (χ2n) is 7.38. The lowest BCUT2D eigenvalue weighted by molar-refractivity contribution is -0.148. The number of esters is 1. The van der Waals surface area contributed by atoms with Gasteiger partial charge in [-0.15, -0.1) is 0 Å². The molecule has 7 nitrogen and oxygen atoms in total. The van der Waals surface area contributed by atoms with Crippen LogP contribution in [0.4, 0.5) is 5.69 Å². The Balaban J connectivity index is 1.51. The first kappa shape index (κ1) is 24.8. The van der Waals surface area contributed by atoms with Crippen molar-refractivity contribution >= 4 is 35.2 Å². The Labute approximate surface area is 203 Å². The van der Waals surface area contributed by atoms with Crippen LogP contribution in [0.2, 0.25) is 5.02 Å². The molecule has 8 heteroatoms. The highest BCUT2D eigenvalue weighted by molar-refractivity contribution is 6.31. The van der Waals surface area contributed by atoms with Gasteiger partial charge in [-0.1, -0.05) is 29.8 Å². The van der Waals surface area contributed by atoms with Crippen LogP contribution in [0.1, 0.15) is 23.7 Å². The van der Waals surface area contributed by atoms with Crippen molar-refractivity contribution in [3.05, 3.63) is 88.7 Å². The number of nitrogens with one attached hydrogen (secondary N) is 1. The van der Waals surface area contributed by atoms with Gasteiger partial charge in [-0.2, -0.15) is 0 Å². The van der Waals surface area contributed by atoms with Gasteiger partial charge in [0.25, 0.3) is 5.91 Å². The SMILES string of the molecule is COc1cc(Cl)c(C)cc1NC(=O)[C@H](C)OC(=O)/C=C/c1ccc(OCc2ccccn2)cc1. The maximum Gasteiger partial charge on any atom is 0.331 e. The molecule has 0 saturated heterocycles. The lowest BCUT2D eigenvalue weighted by atomic mass is 10.2. The number of pyridine rings is 1. The number of anilines is 1. The number of aryl methyl sites for hydroxylation is 1. The molecule has 0 aliphatic carbocycles. The van der Waals surface area contributed by atoms with E-state index in [4.69, 9.17) is 25.8 Å². The number of carbonyl (C=O) groups is 2. The molecule has 1 N–H and O–H groups in total. The van der Waals surface area contributed by atoms with Gasteiger partial charge in [0.15, 0.2) is 6.10 Å². The first-order valence-electron chi connectivity index (χ1n) is 10.5.